The van der Waals surface area contributed by atoms with Crippen LogP contribution in [0.5, 0.6) is 0 Å². The number of halogens is 2. The summed E-state index contributed by atoms with van der Waals surface area (Å²) in [4.78, 5) is 0. The number of anilines is 1. The number of rotatable bonds is 3. The number of nitrogens with one attached hydrogen (secondary N) is 1. The SMILES string of the molecule is Cc1nn(C)c(C)c1NC(C)c1ccc(Br)cc1F. The molecule has 0 saturated carbocycles. The van der Waals surface area contributed by atoms with Crippen molar-refractivity contribution in [3.63, 3.8) is 0 Å². The lowest BCUT2D eigenvalue weighted by molar-refractivity contribution is 0.599. The molecule has 2 aromatic rings. The number of aryl methyl sites for hydroxylation is 2. The van der Waals surface area contributed by atoms with Gasteiger partial charge in [-0.25, -0.2) is 4.39 Å². The van der Waals surface area contributed by atoms with E-state index in [1.165, 1.54) is 6.07 Å². The average molecular weight is 326 g/mol. The van der Waals surface area contributed by atoms with Gasteiger partial charge in [0.15, 0.2) is 0 Å². The number of aromatic nitrogens is 2. The summed E-state index contributed by atoms with van der Waals surface area (Å²) < 4.78 is 16.5. The molecular weight excluding hydrogens is 309 g/mol. The number of hydrogen-bond donors (Lipinski definition) is 1. The van der Waals surface area contributed by atoms with Crippen molar-refractivity contribution in [1.82, 2.24) is 9.78 Å². The lowest BCUT2D eigenvalue weighted by Crippen LogP contribution is -2.10. The van der Waals surface area contributed by atoms with E-state index in [1.54, 1.807) is 6.07 Å². The third-order valence-corrected chi connectivity index (χ3v) is 3.79. The molecule has 0 fully saturated rings. The zero-order valence-electron chi connectivity index (χ0n) is 11.5. The summed E-state index contributed by atoms with van der Waals surface area (Å²) in [5.74, 6) is -0.214. The summed E-state index contributed by atoms with van der Waals surface area (Å²) in [5, 5.41) is 7.68. The van der Waals surface area contributed by atoms with Gasteiger partial charge in [0.25, 0.3) is 0 Å². The lowest BCUT2D eigenvalue weighted by atomic mass is 10.1. The van der Waals surface area contributed by atoms with Gasteiger partial charge in [-0.2, -0.15) is 5.10 Å². The van der Waals surface area contributed by atoms with Gasteiger partial charge in [0.2, 0.25) is 0 Å². The smallest absolute Gasteiger partial charge is 0.129 e. The monoisotopic (exact) mass is 325 g/mol. The van der Waals surface area contributed by atoms with E-state index in [9.17, 15) is 4.39 Å². The Labute approximate surface area is 121 Å². The maximum atomic E-state index is 13.9. The molecule has 0 amide bonds. The molecule has 0 aliphatic rings. The minimum Gasteiger partial charge on any atom is -0.375 e. The maximum absolute atomic E-state index is 13.9. The lowest BCUT2D eigenvalue weighted by Gasteiger charge is -2.17. The zero-order valence-corrected chi connectivity index (χ0v) is 13.0. The van der Waals surface area contributed by atoms with Crippen LogP contribution in [0.3, 0.4) is 0 Å². The van der Waals surface area contributed by atoms with E-state index in [1.807, 2.05) is 38.6 Å². The molecule has 1 aromatic carbocycles. The van der Waals surface area contributed by atoms with Gasteiger partial charge in [-0.1, -0.05) is 22.0 Å². The highest BCUT2D eigenvalue weighted by molar-refractivity contribution is 9.10. The third kappa shape index (κ3) is 2.81. The van der Waals surface area contributed by atoms with Crippen LogP contribution in [0.25, 0.3) is 0 Å². The molecule has 0 bridgehead atoms. The van der Waals surface area contributed by atoms with Crippen molar-refractivity contribution in [2.75, 3.05) is 5.32 Å². The predicted octanol–water partition coefficient (Wildman–Crippen LogP) is 4.11. The molecule has 1 unspecified atom stereocenters. The van der Waals surface area contributed by atoms with Crippen LogP contribution in [0.4, 0.5) is 10.1 Å². The third-order valence-electron chi connectivity index (χ3n) is 3.30. The predicted molar refractivity (Wildman–Crippen MR) is 78.8 cm³/mol. The van der Waals surface area contributed by atoms with E-state index in [4.69, 9.17) is 0 Å². The number of nitrogens with zero attached hydrogens (tertiary/aromatic N) is 2. The van der Waals surface area contributed by atoms with Crippen molar-refractivity contribution in [2.45, 2.75) is 26.8 Å². The van der Waals surface area contributed by atoms with Crippen molar-refractivity contribution < 1.29 is 4.39 Å². The topological polar surface area (TPSA) is 29.9 Å². The van der Waals surface area contributed by atoms with Gasteiger partial charge in [-0.15, -0.1) is 0 Å². The summed E-state index contributed by atoms with van der Waals surface area (Å²) in [6.45, 7) is 5.88. The minimum atomic E-state index is -0.214. The second-order valence-electron chi connectivity index (χ2n) is 4.70. The normalized spacial score (nSPS) is 12.5. The molecule has 1 heterocycles. The summed E-state index contributed by atoms with van der Waals surface area (Å²) in [6, 6.07) is 5.00. The molecule has 102 valence electrons. The average Bonchev–Trinajstić information content (AvgIpc) is 2.56. The fraction of sp³-hybridized carbons (Fsp3) is 0.357. The molecule has 3 nitrogen and oxygen atoms in total. The highest BCUT2D eigenvalue weighted by Crippen LogP contribution is 2.27. The Morgan fingerprint density at radius 2 is 2.05 bits per heavy atom. The first-order valence-electron chi connectivity index (χ1n) is 6.12. The van der Waals surface area contributed by atoms with E-state index in [0.29, 0.717) is 5.56 Å². The molecule has 19 heavy (non-hydrogen) atoms. The van der Waals surface area contributed by atoms with Crippen LogP contribution in [-0.4, -0.2) is 9.78 Å². The standard InChI is InChI=1S/C14H17BrFN3/c1-8(12-6-5-11(15)7-13(12)16)17-14-9(2)18-19(4)10(14)3/h5-8,17H,1-4H3. The van der Waals surface area contributed by atoms with Gasteiger partial charge in [0, 0.05) is 17.1 Å². The first kappa shape index (κ1) is 14.1. The largest absolute Gasteiger partial charge is 0.375 e. The summed E-state index contributed by atoms with van der Waals surface area (Å²) in [7, 11) is 1.90. The Bertz CT molecular complexity index is 607. The zero-order chi connectivity index (χ0) is 14.2. The second-order valence-corrected chi connectivity index (χ2v) is 5.62. The maximum Gasteiger partial charge on any atom is 0.129 e. The Balaban J connectivity index is 2.28. The van der Waals surface area contributed by atoms with Crippen LogP contribution in [0, 0.1) is 19.7 Å². The molecular formula is C14H17BrFN3. The van der Waals surface area contributed by atoms with Crippen molar-refractivity contribution in [2.24, 2.45) is 7.05 Å². The highest BCUT2D eigenvalue weighted by Gasteiger charge is 2.15. The molecule has 1 aromatic heterocycles. The van der Waals surface area contributed by atoms with E-state index in [0.717, 1.165) is 21.5 Å². The molecule has 1 atom stereocenters. The number of benzene rings is 1. The van der Waals surface area contributed by atoms with Gasteiger partial charge >= 0.3 is 0 Å². The fourth-order valence-corrected chi connectivity index (χ4v) is 2.46. The van der Waals surface area contributed by atoms with Crippen molar-refractivity contribution in [1.29, 1.82) is 0 Å². The highest BCUT2D eigenvalue weighted by atomic mass is 79.9. The summed E-state index contributed by atoms with van der Waals surface area (Å²) in [5.41, 5.74) is 3.58. The van der Waals surface area contributed by atoms with Crippen LogP contribution in [0.15, 0.2) is 22.7 Å². The van der Waals surface area contributed by atoms with Gasteiger partial charge in [-0.05, 0) is 32.9 Å². The van der Waals surface area contributed by atoms with E-state index >= 15 is 0 Å². The van der Waals surface area contributed by atoms with Gasteiger partial charge in [-0.3, -0.25) is 4.68 Å². The van der Waals surface area contributed by atoms with E-state index in [2.05, 4.69) is 26.3 Å². The summed E-state index contributed by atoms with van der Waals surface area (Å²) >= 11 is 3.27. The van der Waals surface area contributed by atoms with Crippen LogP contribution in [-0.2, 0) is 7.05 Å². The van der Waals surface area contributed by atoms with Gasteiger partial charge in [0.1, 0.15) is 5.82 Å². The van der Waals surface area contributed by atoms with Gasteiger partial charge < -0.3 is 5.32 Å². The van der Waals surface area contributed by atoms with E-state index in [-0.39, 0.29) is 11.9 Å². The second kappa shape index (κ2) is 5.33. The Hall–Kier alpha value is -1.36. The van der Waals surface area contributed by atoms with Crippen molar-refractivity contribution in [3.8, 4) is 0 Å². The Morgan fingerprint density at radius 3 is 2.58 bits per heavy atom. The molecule has 0 saturated heterocycles. The van der Waals surface area contributed by atoms with Crippen LogP contribution in [0.2, 0.25) is 0 Å². The molecule has 2 rings (SSSR count). The molecule has 1 N–H and O–H groups in total. The van der Waals surface area contributed by atoms with Gasteiger partial charge in [0.05, 0.1) is 23.1 Å². The Kier molecular flexibility index (Phi) is 3.94. The van der Waals surface area contributed by atoms with Crippen molar-refractivity contribution in [3.05, 3.63) is 45.4 Å². The molecule has 0 aliphatic heterocycles. The minimum absolute atomic E-state index is 0.116. The molecule has 0 spiro atoms. The fourth-order valence-electron chi connectivity index (χ4n) is 2.13. The molecule has 5 heteroatoms. The Morgan fingerprint density at radius 1 is 1.37 bits per heavy atom. The number of hydrogen-bond acceptors (Lipinski definition) is 2. The molecule has 0 radical (unpaired) electrons. The van der Waals surface area contributed by atoms with E-state index < -0.39 is 0 Å². The van der Waals surface area contributed by atoms with Crippen LogP contribution >= 0.6 is 15.9 Å². The van der Waals surface area contributed by atoms with Crippen LogP contribution in [0.1, 0.15) is 29.9 Å². The first-order valence-corrected chi connectivity index (χ1v) is 6.91. The molecule has 0 aliphatic carbocycles. The van der Waals surface area contributed by atoms with Crippen molar-refractivity contribution >= 4 is 21.6 Å². The summed E-state index contributed by atoms with van der Waals surface area (Å²) in [6.07, 6.45) is 0. The quantitative estimate of drug-likeness (QED) is 0.920. The first-order chi connectivity index (χ1) is 8.90. The van der Waals surface area contributed by atoms with Crippen LogP contribution < -0.4 is 5.32 Å².